The van der Waals surface area contributed by atoms with Crippen molar-refractivity contribution in [1.29, 1.82) is 0 Å². The largest absolute Gasteiger partial charge is 0.495 e. The first-order chi connectivity index (χ1) is 13.7. The number of nitrogens with one attached hydrogen (secondary N) is 1. The van der Waals surface area contributed by atoms with Crippen LogP contribution in [0, 0.1) is 0 Å². The molecule has 7 heteroatoms. The second kappa shape index (κ2) is 9.41. The Morgan fingerprint density at radius 3 is 2.64 bits per heavy atom. The van der Waals surface area contributed by atoms with Gasteiger partial charge >= 0.3 is 0 Å². The molecule has 3 rings (SSSR count). The first kappa shape index (κ1) is 19.9. The zero-order valence-electron chi connectivity index (χ0n) is 16.3. The molecule has 0 radical (unpaired) electrons. The van der Waals surface area contributed by atoms with Crippen LogP contribution in [-0.2, 0) is 0 Å². The van der Waals surface area contributed by atoms with Crippen LogP contribution in [0.4, 0.5) is 5.13 Å². The Morgan fingerprint density at radius 1 is 1.11 bits per heavy atom. The van der Waals surface area contributed by atoms with Crippen LogP contribution in [0.3, 0.4) is 0 Å². The molecule has 1 heterocycles. The molecular formula is C21H24N2O4S. The normalized spacial score (nSPS) is 10.7. The van der Waals surface area contributed by atoms with Crippen LogP contribution in [0.2, 0.25) is 0 Å². The number of hydrogen-bond acceptors (Lipinski definition) is 6. The zero-order valence-corrected chi connectivity index (χ0v) is 17.1. The maximum atomic E-state index is 12.7. The van der Waals surface area contributed by atoms with Gasteiger partial charge in [0.05, 0.1) is 20.8 Å². The van der Waals surface area contributed by atoms with Gasteiger partial charge in [-0.3, -0.25) is 10.1 Å². The summed E-state index contributed by atoms with van der Waals surface area (Å²) in [5, 5.41) is 3.34. The van der Waals surface area contributed by atoms with Gasteiger partial charge in [0.1, 0.15) is 27.5 Å². The fourth-order valence-electron chi connectivity index (χ4n) is 2.78. The van der Waals surface area contributed by atoms with Gasteiger partial charge in [-0.05, 0) is 36.8 Å². The highest BCUT2D eigenvalue weighted by Gasteiger charge is 2.16. The molecule has 28 heavy (non-hydrogen) atoms. The molecule has 0 atom stereocenters. The predicted octanol–water partition coefficient (Wildman–Crippen LogP) is 5.13. The van der Waals surface area contributed by atoms with Gasteiger partial charge in [0.2, 0.25) is 0 Å². The third-order valence-corrected chi connectivity index (χ3v) is 5.23. The molecule has 0 aliphatic rings. The molecule has 0 aliphatic heterocycles. The molecule has 1 N–H and O–H groups in total. The summed E-state index contributed by atoms with van der Waals surface area (Å²) in [6.07, 6.45) is 3.27. The van der Waals surface area contributed by atoms with E-state index < -0.39 is 0 Å². The SMILES string of the molecule is CCCCCOc1cccc(C(=O)Nc2nc3c(OC)ccc(OC)c3s2)c1. The molecule has 0 unspecified atom stereocenters. The Bertz CT molecular complexity index is 914. The molecule has 0 saturated heterocycles. The van der Waals surface area contributed by atoms with Crippen molar-refractivity contribution in [2.24, 2.45) is 0 Å². The van der Waals surface area contributed by atoms with E-state index in [9.17, 15) is 4.79 Å². The number of carbonyl (C=O) groups is 1. The van der Waals surface area contributed by atoms with Gasteiger partial charge in [-0.2, -0.15) is 0 Å². The van der Waals surface area contributed by atoms with Gasteiger partial charge in [-0.1, -0.05) is 37.2 Å². The fourth-order valence-corrected chi connectivity index (χ4v) is 3.75. The molecule has 1 amide bonds. The number of benzene rings is 2. The second-order valence-corrected chi connectivity index (χ2v) is 7.20. The summed E-state index contributed by atoms with van der Waals surface area (Å²) in [5.41, 5.74) is 1.18. The zero-order chi connectivity index (χ0) is 19.9. The highest BCUT2D eigenvalue weighted by molar-refractivity contribution is 7.22. The maximum absolute atomic E-state index is 12.7. The van der Waals surface area contributed by atoms with Crippen molar-refractivity contribution in [3.05, 3.63) is 42.0 Å². The Morgan fingerprint density at radius 2 is 1.89 bits per heavy atom. The van der Waals surface area contributed by atoms with Gasteiger partial charge in [-0.15, -0.1) is 0 Å². The van der Waals surface area contributed by atoms with Gasteiger partial charge < -0.3 is 14.2 Å². The van der Waals surface area contributed by atoms with E-state index in [1.54, 1.807) is 32.4 Å². The number of aromatic nitrogens is 1. The number of methoxy groups -OCH3 is 2. The van der Waals surface area contributed by atoms with Crippen molar-refractivity contribution < 1.29 is 19.0 Å². The average molecular weight is 401 g/mol. The summed E-state index contributed by atoms with van der Waals surface area (Å²) in [5.74, 6) is 1.78. The van der Waals surface area contributed by atoms with E-state index in [4.69, 9.17) is 14.2 Å². The standard InChI is InChI=1S/C21H24N2O4S/c1-4-5-6-12-27-15-9-7-8-14(13-15)20(24)23-21-22-18-16(25-2)10-11-17(26-3)19(18)28-21/h7-11,13H,4-6,12H2,1-3H3,(H,22,23,24). The Kier molecular flexibility index (Phi) is 6.71. The van der Waals surface area contributed by atoms with Crippen molar-refractivity contribution >= 4 is 32.6 Å². The lowest BCUT2D eigenvalue weighted by Crippen LogP contribution is -2.11. The molecule has 0 spiro atoms. The van der Waals surface area contributed by atoms with Crippen LogP contribution in [0.1, 0.15) is 36.5 Å². The van der Waals surface area contributed by atoms with E-state index >= 15 is 0 Å². The van der Waals surface area contributed by atoms with Gasteiger partial charge in [-0.25, -0.2) is 4.98 Å². The predicted molar refractivity (Wildman–Crippen MR) is 112 cm³/mol. The van der Waals surface area contributed by atoms with Gasteiger partial charge in [0, 0.05) is 5.56 Å². The van der Waals surface area contributed by atoms with Crippen LogP contribution in [0.25, 0.3) is 10.2 Å². The van der Waals surface area contributed by atoms with Crippen molar-refractivity contribution in [3.63, 3.8) is 0 Å². The molecular weight excluding hydrogens is 376 g/mol. The summed E-state index contributed by atoms with van der Waals surface area (Å²) in [6.45, 7) is 2.80. The first-order valence-electron chi connectivity index (χ1n) is 9.22. The lowest BCUT2D eigenvalue weighted by atomic mass is 10.2. The molecule has 6 nitrogen and oxygen atoms in total. The summed E-state index contributed by atoms with van der Waals surface area (Å²) >= 11 is 1.35. The summed E-state index contributed by atoms with van der Waals surface area (Å²) in [7, 11) is 3.19. The monoisotopic (exact) mass is 400 g/mol. The second-order valence-electron chi connectivity index (χ2n) is 6.20. The summed E-state index contributed by atoms with van der Waals surface area (Å²) < 4.78 is 17.3. The Balaban J connectivity index is 1.76. The summed E-state index contributed by atoms with van der Waals surface area (Å²) in [4.78, 5) is 17.2. The minimum absolute atomic E-state index is 0.240. The first-order valence-corrected chi connectivity index (χ1v) is 10.0. The van der Waals surface area contributed by atoms with Gasteiger partial charge in [0.25, 0.3) is 5.91 Å². The molecule has 3 aromatic rings. The number of hydrogen-bond donors (Lipinski definition) is 1. The van der Waals surface area contributed by atoms with Crippen molar-refractivity contribution in [3.8, 4) is 17.2 Å². The number of carbonyl (C=O) groups excluding carboxylic acids is 1. The fraction of sp³-hybridized carbons (Fsp3) is 0.333. The van der Waals surface area contributed by atoms with E-state index in [1.165, 1.54) is 11.3 Å². The van der Waals surface area contributed by atoms with Crippen LogP contribution < -0.4 is 19.5 Å². The van der Waals surface area contributed by atoms with E-state index in [2.05, 4.69) is 17.2 Å². The number of amides is 1. The maximum Gasteiger partial charge on any atom is 0.257 e. The smallest absolute Gasteiger partial charge is 0.257 e. The number of nitrogens with zero attached hydrogens (tertiary/aromatic N) is 1. The number of rotatable bonds is 9. The van der Waals surface area contributed by atoms with E-state index in [-0.39, 0.29) is 5.91 Å². The Labute approximate surface area is 168 Å². The topological polar surface area (TPSA) is 69.7 Å². The third kappa shape index (κ3) is 4.54. The number of ether oxygens (including phenoxy) is 3. The molecule has 2 aromatic carbocycles. The molecule has 0 saturated carbocycles. The quantitative estimate of drug-likeness (QED) is 0.504. The van der Waals surface area contributed by atoms with E-state index in [1.807, 2.05) is 18.2 Å². The lowest BCUT2D eigenvalue weighted by molar-refractivity contribution is 0.102. The molecule has 0 aliphatic carbocycles. The van der Waals surface area contributed by atoms with Gasteiger partial charge in [0.15, 0.2) is 5.13 Å². The molecule has 0 bridgehead atoms. The summed E-state index contributed by atoms with van der Waals surface area (Å²) in [6, 6.07) is 10.8. The van der Waals surface area contributed by atoms with Crippen LogP contribution in [-0.4, -0.2) is 31.7 Å². The van der Waals surface area contributed by atoms with Crippen LogP contribution in [0.5, 0.6) is 17.2 Å². The van der Waals surface area contributed by atoms with Crippen molar-refractivity contribution in [2.75, 3.05) is 26.1 Å². The third-order valence-electron chi connectivity index (χ3n) is 4.24. The molecule has 0 fully saturated rings. The minimum atomic E-state index is -0.240. The number of unbranched alkanes of at least 4 members (excludes halogenated alkanes) is 2. The Hall–Kier alpha value is -2.80. The van der Waals surface area contributed by atoms with Crippen LogP contribution >= 0.6 is 11.3 Å². The van der Waals surface area contributed by atoms with Crippen LogP contribution in [0.15, 0.2) is 36.4 Å². The number of thiazole rings is 1. The van der Waals surface area contributed by atoms with E-state index in [0.29, 0.717) is 40.1 Å². The molecule has 148 valence electrons. The van der Waals surface area contributed by atoms with Crippen molar-refractivity contribution in [1.82, 2.24) is 4.98 Å². The minimum Gasteiger partial charge on any atom is -0.495 e. The number of anilines is 1. The highest BCUT2D eigenvalue weighted by Crippen LogP contribution is 2.38. The lowest BCUT2D eigenvalue weighted by Gasteiger charge is -2.07. The number of fused-ring (bicyclic) bond motifs is 1. The highest BCUT2D eigenvalue weighted by atomic mass is 32.1. The van der Waals surface area contributed by atoms with E-state index in [0.717, 1.165) is 24.0 Å². The van der Waals surface area contributed by atoms with Crippen molar-refractivity contribution in [2.45, 2.75) is 26.2 Å². The average Bonchev–Trinajstić information content (AvgIpc) is 3.14. The molecule has 1 aromatic heterocycles.